The number of methoxy groups -OCH3 is 2. The van der Waals surface area contributed by atoms with E-state index in [0.29, 0.717) is 50.8 Å². The first-order valence-corrected chi connectivity index (χ1v) is 14.8. The molecule has 2 aliphatic rings. The molecule has 4 N–H and O–H groups in total. The molecule has 4 aromatic rings. The van der Waals surface area contributed by atoms with Crippen LogP contribution in [0.4, 0.5) is 15.9 Å². The van der Waals surface area contributed by atoms with Gasteiger partial charge in [-0.15, -0.1) is 0 Å². The Hall–Kier alpha value is -4.89. The SMILES string of the molecule is COc1c(-c2cn(CC(=O)Nc3cc(N4CCOC[C@@H]4C)nc(F)c3Cl)c3nc4n(c(=O)c23)CCC4)cc(C(N)=O)c(O)c1OC. The summed E-state index contributed by atoms with van der Waals surface area (Å²) >= 11 is 6.22. The van der Waals surface area contributed by atoms with Gasteiger partial charge in [-0.3, -0.25) is 19.0 Å². The number of carbonyl (C=O) groups excluding carboxylic acids is 2. The van der Waals surface area contributed by atoms with Crippen molar-refractivity contribution in [2.45, 2.75) is 38.9 Å². The number of hydrogen-bond donors (Lipinski definition) is 3. The number of nitrogens with two attached hydrogens (primary N) is 1. The number of aryl methyl sites for hydroxylation is 1. The number of aromatic hydroxyl groups is 1. The van der Waals surface area contributed by atoms with Crippen molar-refractivity contribution in [2.75, 3.05) is 44.2 Å². The first kappa shape index (κ1) is 31.1. The van der Waals surface area contributed by atoms with Crippen molar-refractivity contribution in [3.05, 3.63) is 51.0 Å². The maximum Gasteiger partial charge on any atom is 0.263 e. The number of pyridine rings is 1. The predicted octanol–water partition coefficient (Wildman–Crippen LogP) is 2.68. The number of hydrogen-bond acceptors (Lipinski definition) is 10. The van der Waals surface area contributed by atoms with Gasteiger partial charge in [-0.05, 0) is 19.4 Å². The molecule has 14 nitrogen and oxygen atoms in total. The third-order valence-electron chi connectivity index (χ3n) is 8.16. The van der Waals surface area contributed by atoms with Crippen LogP contribution in [0.1, 0.15) is 29.5 Å². The number of rotatable bonds is 8. The van der Waals surface area contributed by atoms with Crippen molar-refractivity contribution >= 4 is 46.0 Å². The van der Waals surface area contributed by atoms with Crippen molar-refractivity contribution in [3.8, 4) is 28.4 Å². The van der Waals surface area contributed by atoms with E-state index in [-0.39, 0.29) is 68.1 Å². The van der Waals surface area contributed by atoms with E-state index in [9.17, 15) is 23.9 Å². The number of anilines is 2. The highest BCUT2D eigenvalue weighted by Gasteiger charge is 2.29. The molecule has 2 amide bonds. The third kappa shape index (κ3) is 5.24. The number of phenols is 1. The standard InChI is InChI=1S/C30H31ClFN7O7/c1-14-13-46-8-7-38(14)20-10-18(23(31)27(32)35-20)34-21(40)12-37-11-17(22-29(37)36-19-5-4-6-39(19)30(22)43)15-9-16(28(33)42)24(41)26(45-3)25(15)44-2/h9-11,14,41H,4-8,12-13H2,1-3H3,(H2,33,42)(H,34,35,40)/t14-/m0/s1. The van der Waals surface area contributed by atoms with Crippen molar-refractivity contribution in [1.29, 1.82) is 0 Å². The van der Waals surface area contributed by atoms with Gasteiger partial charge >= 0.3 is 0 Å². The van der Waals surface area contributed by atoms with Gasteiger partial charge in [-0.25, -0.2) is 9.97 Å². The third-order valence-corrected chi connectivity index (χ3v) is 8.52. The predicted molar refractivity (Wildman–Crippen MR) is 166 cm³/mol. The number of fused-ring (bicyclic) bond motifs is 2. The summed E-state index contributed by atoms with van der Waals surface area (Å²) in [6.07, 6.45) is 2.79. The quantitative estimate of drug-likeness (QED) is 0.239. The second-order valence-electron chi connectivity index (χ2n) is 11.0. The number of aromatic nitrogens is 4. The highest BCUT2D eigenvalue weighted by Crippen LogP contribution is 2.47. The Morgan fingerprint density at radius 1 is 1.20 bits per heavy atom. The number of ether oxygens (including phenoxy) is 3. The zero-order chi connectivity index (χ0) is 32.9. The van der Waals surface area contributed by atoms with E-state index in [0.717, 1.165) is 0 Å². The largest absolute Gasteiger partial charge is 0.504 e. The number of primary amides is 1. The van der Waals surface area contributed by atoms with Crippen LogP contribution in [0.2, 0.25) is 5.02 Å². The Morgan fingerprint density at radius 3 is 2.65 bits per heavy atom. The molecule has 0 unspecified atom stereocenters. The van der Waals surface area contributed by atoms with Crippen LogP contribution < -0.4 is 31.0 Å². The molecule has 16 heteroatoms. The van der Waals surface area contributed by atoms with Crippen molar-refractivity contribution in [2.24, 2.45) is 5.73 Å². The topological polar surface area (TPSA) is 176 Å². The van der Waals surface area contributed by atoms with Crippen LogP contribution in [0, 0.1) is 5.95 Å². The van der Waals surface area contributed by atoms with Gasteiger partial charge < -0.3 is 39.8 Å². The molecule has 242 valence electrons. The maximum atomic E-state index is 14.8. The summed E-state index contributed by atoms with van der Waals surface area (Å²) in [5.74, 6) is -2.28. The van der Waals surface area contributed by atoms with Crippen molar-refractivity contribution in [3.63, 3.8) is 0 Å². The molecule has 6 rings (SSSR count). The average Bonchev–Trinajstić information content (AvgIpc) is 3.64. The highest BCUT2D eigenvalue weighted by molar-refractivity contribution is 6.33. The molecule has 0 bridgehead atoms. The molecule has 0 aliphatic carbocycles. The van der Waals surface area contributed by atoms with E-state index in [1.165, 1.54) is 37.1 Å². The molecule has 46 heavy (non-hydrogen) atoms. The van der Waals surface area contributed by atoms with Gasteiger partial charge in [0.05, 0.1) is 50.1 Å². The minimum absolute atomic E-state index is 0.0227. The van der Waals surface area contributed by atoms with Gasteiger partial charge in [0.1, 0.15) is 28.9 Å². The van der Waals surface area contributed by atoms with E-state index in [1.807, 2.05) is 11.8 Å². The molecule has 0 spiro atoms. The van der Waals surface area contributed by atoms with Crippen LogP contribution in [0.15, 0.2) is 23.1 Å². The van der Waals surface area contributed by atoms with Crippen LogP contribution in [0.25, 0.3) is 22.2 Å². The molecular formula is C30H31ClFN7O7. The first-order chi connectivity index (χ1) is 22.0. The lowest BCUT2D eigenvalue weighted by Gasteiger charge is -2.34. The van der Waals surface area contributed by atoms with E-state index in [1.54, 1.807) is 4.57 Å². The summed E-state index contributed by atoms with van der Waals surface area (Å²) in [6, 6.07) is 2.72. The minimum atomic E-state index is -0.939. The Bertz CT molecular complexity index is 1960. The molecule has 1 aromatic carbocycles. The van der Waals surface area contributed by atoms with Gasteiger partial charge in [0.15, 0.2) is 11.5 Å². The fourth-order valence-electron chi connectivity index (χ4n) is 6.00. The van der Waals surface area contributed by atoms with Crippen LogP contribution >= 0.6 is 11.6 Å². The van der Waals surface area contributed by atoms with Crippen LogP contribution in [-0.2, 0) is 29.0 Å². The number of nitrogens with zero attached hydrogens (tertiary/aromatic N) is 5. The summed E-state index contributed by atoms with van der Waals surface area (Å²) in [5, 5.41) is 13.1. The molecule has 5 heterocycles. The number of benzene rings is 1. The Balaban J connectivity index is 1.45. The Morgan fingerprint density at radius 2 is 1.96 bits per heavy atom. The molecule has 0 radical (unpaired) electrons. The van der Waals surface area contributed by atoms with Crippen LogP contribution in [0.5, 0.6) is 17.2 Å². The summed E-state index contributed by atoms with van der Waals surface area (Å²) in [7, 11) is 2.62. The summed E-state index contributed by atoms with van der Waals surface area (Å²) in [4.78, 5) is 50.2. The Labute approximate surface area is 266 Å². The summed E-state index contributed by atoms with van der Waals surface area (Å²) < 4.78 is 34.2. The normalized spacial score (nSPS) is 16.0. The number of carbonyl (C=O) groups is 2. The second kappa shape index (κ2) is 12.1. The fourth-order valence-corrected chi connectivity index (χ4v) is 6.14. The van der Waals surface area contributed by atoms with Gasteiger partial charge in [-0.2, -0.15) is 4.39 Å². The van der Waals surface area contributed by atoms with E-state index >= 15 is 0 Å². The van der Waals surface area contributed by atoms with Gasteiger partial charge in [0.2, 0.25) is 17.6 Å². The number of amides is 2. The van der Waals surface area contributed by atoms with Crippen LogP contribution in [0.3, 0.4) is 0 Å². The van der Waals surface area contributed by atoms with Crippen LogP contribution in [-0.4, -0.2) is 76.0 Å². The first-order valence-electron chi connectivity index (χ1n) is 14.4. The van der Waals surface area contributed by atoms with Crippen molar-refractivity contribution < 1.29 is 33.3 Å². The fraction of sp³-hybridized carbons (Fsp3) is 0.367. The number of morpholine rings is 1. The van der Waals surface area contributed by atoms with Gasteiger partial charge in [0, 0.05) is 42.9 Å². The molecule has 1 saturated heterocycles. The smallest absolute Gasteiger partial charge is 0.263 e. The molecular weight excluding hydrogens is 625 g/mol. The van der Waals surface area contributed by atoms with E-state index in [4.69, 9.17) is 36.5 Å². The lowest BCUT2D eigenvalue weighted by molar-refractivity contribution is -0.116. The monoisotopic (exact) mass is 655 g/mol. The second-order valence-corrected chi connectivity index (χ2v) is 11.4. The minimum Gasteiger partial charge on any atom is -0.504 e. The lowest BCUT2D eigenvalue weighted by atomic mass is 10.00. The summed E-state index contributed by atoms with van der Waals surface area (Å²) in [5.41, 5.74) is 5.61. The summed E-state index contributed by atoms with van der Waals surface area (Å²) in [6.45, 7) is 3.38. The molecule has 0 saturated carbocycles. The lowest BCUT2D eigenvalue weighted by Crippen LogP contribution is -2.44. The molecule has 2 aliphatic heterocycles. The zero-order valence-electron chi connectivity index (χ0n) is 25.2. The molecule has 1 fully saturated rings. The van der Waals surface area contributed by atoms with E-state index < -0.39 is 23.5 Å². The number of halogens is 2. The van der Waals surface area contributed by atoms with Gasteiger partial charge in [-0.1, -0.05) is 11.6 Å². The Kier molecular flexibility index (Phi) is 8.20. The van der Waals surface area contributed by atoms with Crippen molar-refractivity contribution in [1.82, 2.24) is 19.1 Å². The zero-order valence-corrected chi connectivity index (χ0v) is 26.0. The molecule has 1 atom stereocenters. The molecule has 3 aromatic heterocycles. The van der Waals surface area contributed by atoms with E-state index in [2.05, 4.69) is 10.3 Å². The van der Waals surface area contributed by atoms with Gasteiger partial charge in [0.25, 0.3) is 11.5 Å². The maximum absolute atomic E-state index is 14.8. The number of nitrogens with one attached hydrogen (secondary N) is 1. The highest BCUT2D eigenvalue weighted by atomic mass is 35.5. The average molecular weight is 656 g/mol.